The predicted molar refractivity (Wildman–Crippen MR) is 60.9 cm³/mol. The molecule has 1 fully saturated rings. The molecule has 1 aliphatic heterocycles. The van der Waals surface area contributed by atoms with E-state index >= 15 is 0 Å². The van der Waals surface area contributed by atoms with E-state index in [1.165, 1.54) is 11.0 Å². The van der Waals surface area contributed by atoms with Gasteiger partial charge in [0.2, 0.25) is 5.91 Å². The Kier molecular flexibility index (Phi) is 3.26. The minimum atomic E-state index is -0.268. The summed E-state index contributed by atoms with van der Waals surface area (Å²) in [6.07, 6.45) is 4.37. The lowest BCUT2D eigenvalue weighted by Gasteiger charge is -2.13. The fourth-order valence-electron chi connectivity index (χ4n) is 1.77. The molecule has 0 saturated heterocycles. The molecule has 1 N–H and O–H groups in total. The van der Waals surface area contributed by atoms with Gasteiger partial charge < -0.3 is 5.32 Å². The molecule has 2 rings (SSSR count). The van der Waals surface area contributed by atoms with Gasteiger partial charge in [-0.05, 0) is 26.2 Å². The summed E-state index contributed by atoms with van der Waals surface area (Å²) in [6, 6.07) is 0.362. The third-order valence-electron chi connectivity index (χ3n) is 2.92. The molecule has 3 amide bonds. The van der Waals surface area contributed by atoms with Crippen molar-refractivity contribution in [2.75, 3.05) is 6.54 Å². The van der Waals surface area contributed by atoms with Gasteiger partial charge in [-0.25, -0.2) is 0 Å². The van der Waals surface area contributed by atoms with E-state index in [-0.39, 0.29) is 17.7 Å². The molecule has 1 saturated carbocycles. The maximum atomic E-state index is 11.5. The standard InChI is InChI=1S/C12H16N2O3/c1-8-7-11(16)14(12(8)17)6-2-3-10(15)13-9-4-5-9/h7,9H,2-6H2,1H3,(H,13,15). The van der Waals surface area contributed by atoms with Gasteiger partial charge in [0.1, 0.15) is 0 Å². The van der Waals surface area contributed by atoms with E-state index in [0.717, 1.165) is 12.8 Å². The molecule has 5 nitrogen and oxygen atoms in total. The van der Waals surface area contributed by atoms with Gasteiger partial charge >= 0.3 is 0 Å². The van der Waals surface area contributed by atoms with Crippen LogP contribution in [0.4, 0.5) is 0 Å². The monoisotopic (exact) mass is 236 g/mol. The topological polar surface area (TPSA) is 66.5 Å². The molecule has 5 heteroatoms. The molecule has 0 atom stereocenters. The summed E-state index contributed by atoms with van der Waals surface area (Å²) >= 11 is 0. The van der Waals surface area contributed by atoms with Crippen LogP contribution < -0.4 is 5.32 Å². The van der Waals surface area contributed by atoms with E-state index in [4.69, 9.17) is 0 Å². The second kappa shape index (κ2) is 4.69. The summed E-state index contributed by atoms with van der Waals surface area (Å²) in [6.45, 7) is 1.95. The second-order valence-electron chi connectivity index (χ2n) is 4.57. The highest BCUT2D eigenvalue weighted by atomic mass is 16.2. The van der Waals surface area contributed by atoms with E-state index in [0.29, 0.717) is 31.0 Å². The van der Waals surface area contributed by atoms with Gasteiger partial charge in [0, 0.05) is 30.7 Å². The van der Waals surface area contributed by atoms with E-state index in [9.17, 15) is 14.4 Å². The number of rotatable bonds is 5. The number of amides is 3. The lowest BCUT2D eigenvalue weighted by molar-refractivity contribution is -0.137. The van der Waals surface area contributed by atoms with E-state index < -0.39 is 0 Å². The maximum Gasteiger partial charge on any atom is 0.256 e. The fourth-order valence-corrected chi connectivity index (χ4v) is 1.77. The molecular weight excluding hydrogens is 220 g/mol. The van der Waals surface area contributed by atoms with Gasteiger partial charge in [-0.1, -0.05) is 0 Å². The average molecular weight is 236 g/mol. The first-order valence-electron chi connectivity index (χ1n) is 5.91. The summed E-state index contributed by atoms with van der Waals surface area (Å²) in [5.41, 5.74) is 0.470. The normalized spacial score (nSPS) is 19.6. The molecule has 0 aromatic heterocycles. The zero-order chi connectivity index (χ0) is 12.4. The number of hydrogen-bond donors (Lipinski definition) is 1. The zero-order valence-electron chi connectivity index (χ0n) is 9.86. The molecule has 0 bridgehead atoms. The largest absolute Gasteiger partial charge is 0.353 e. The van der Waals surface area contributed by atoms with Gasteiger partial charge in [0.25, 0.3) is 11.8 Å². The van der Waals surface area contributed by atoms with Gasteiger partial charge in [-0.15, -0.1) is 0 Å². The molecule has 1 heterocycles. The van der Waals surface area contributed by atoms with Crippen LogP contribution in [-0.4, -0.2) is 35.2 Å². The number of nitrogens with one attached hydrogen (secondary N) is 1. The summed E-state index contributed by atoms with van der Waals surface area (Å²) < 4.78 is 0. The quantitative estimate of drug-likeness (QED) is 0.701. The Morgan fingerprint density at radius 1 is 1.47 bits per heavy atom. The van der Waals surface area contributed by atoms with Crippen LogP contribution in [0.15, 0.2) is 11.6 Å². The van der Waals surface area contributed by atoms with Crippen molar-refractivity contribution in [1.82, 2.24) is 10.2 Å². The van der Waals surface area contributed by atoms with Crippen molar-refractivity contribution in [2.24, 2.45) is 0 Å². The van der Waals surface area contributed by atoms with Crippen LogP contribution in [0.2, 0.25) is 0 Å². The summed E-state index contributed by atoms with van der Waals surface area (Å²) in [7, 11) is 0. The summed E-state index contributed by atoms with van der Waals surface area (Å²) in [5.74, 6) is -0.496. The predicted octanol–water partition coefficient (Wildman–Crippen LogP) is 0.360. The smallest absolute Gasteiger partial charge is 0.256 e. The van der Waals surface area contributed by atoms with Gasteiger partial charge in [0.05, 0.1) is 0 Å². The maximum absolute atomic E-state index is 11.5. The second-order valence-corrected chi connectivity index (χ2v) is 4.57. The number of hydrogen-bond acceptors (Lipinski definition) is 3. The van der Waals surface area contributed by atoms with Gasteiger partial charge in [0.15, 0.2) is 0 Å². The van der Waals surface area contributed by atoms with E-state index in [2.05, 4.69) is 5.32 Å². The summed E-state index contributed by atoms with van der Waals surface area (Å²) in [5, 5.41) is 2.87. The van der Waals surface area contributed by atoms with Crippen LogP contribution in [0.5, 0.6) is 0 Å². The molecule has 0 radical (unpaired) electrons. The van der Waals surface area contributed by atoms with Gasteiger partial charge in [-0.3, -0.25) is 19.3 Å². The highest BCUT2D eigenvalue weighted by Gasteiger charge is 2.28. The first kappa shape index (κ1) is 11.8. The number of carbonyl (C=O) groups excluding carboxylic acids is 3. The Balaban J connectivity index is 1.70. The van der Waals surface area contributed by atoms with Crippen molar-refractivity contribution in [3.8, 4) is 0 Å². The lowest BCUT2D eigenvalue weighted by Crippen LogP contribution is -2.33. The molecule has 0 aromatic carbocycles. The number of imide groups is 1. The molecule has 1 aliphatic carbocycles. The number of carbonyl (C=O) groups is 3. The third kappa shape index (κ3) is 2.93. The molecule has 0 aromatic rings. The van der Waals surface area contributed by atoms with Crippen LogP contribution in [-0.2, 0) is 14.4 Å². The minimum Gasteiger partial charge on any atom is -0.353 e. The summed E-state index contributed by atoms with van der Waals surface area (Å²) in [4.78, 5) is 35.5. The van der Waals surface area contributed by atoms with Gasteiger partial charge in [-0.2, -0.15) is 0 Å². The molecular formula is C12H16N2O3. The Labute approximate surface area is 99.8 Å². The molecule has 17 heavy (non-hydrogen) atoms. The van der Waals surface area contributed by atoms with Crippen LogP contribution in [0.1, 0.15) is 32.6 Å². The fraction of sp³-hybridized carbons (Fsp3) is 0.583. The van der Waals surface area contributed by atoms with Crippen LogP contribution in [0.3, 0.4) is 0 Å². The molecule has 92 valence electrons. The van der Waals surface area contributed by atoms with Crippen molar-refractivity contribution in [2.45, 2.75) is 38.6 Å². The average Bonchev–Trinajstić information content (AvgIpc) is 3.02. The minimum absolute atomic E-state index is 0.0104. The SMILES string of the molecule is CC1=CC(=O)N(CCCC(=O)NC2CC2)C1=O. The van der Waals surface area contributed by atoms with E-state index in [1.54, 1.807) is 6.92 Å². The first-order valence-corrected chi connectivity index (χ1v) is 5.91. The van der Waals surface area contributed by atoms with Crippen molar-refractivity contribution in [3.63, 3.8) is 0 Å². The Morgan fingerprint density at radius 2 is 2.18 bits per heavy atom. The first-order chi connectivity index (χ1) is 8.08. The highest BCUT2D eigenvalue weighted by molar-refractivity contribution is 6.15. The van der Waals surface area contributed by atoms with Crippen molar-refractivity contribution >= 4 is 17.7 Å². The third-order valence-corrected chi connectivity index (χ3v) is 2.92. The van der Waals surface area contributed by atoms with Crippen molar-refractivity contribution in [1.29, 1.82) is 0 Å². The zero-order valence-corrected chi connectivity index (χ0v) is 9.86. The molecule has 0 unspecified atom stereocenters. The molecule has 2 aliphatic rings. The Hall–Kier alpha value is -1.65. The van der Waals surface area contributed by atoms with Crippen LogP contribution in [0.25, 0.3) is 0 Å². The van der Waals surface area contributed by atoms with Crippen LogP contribution >= 0.6 is 0 Å². The molecule has 0 spiro atoms. The number of nitrogens with zero attached hydrogens (tertiary/aromatic N) is 1. The van der Waals surface area contributed by atoms with Crippen molar-refractivity contribution < 1.29 is 14.4 Å². The van der Waals surface area contributed by atoms with Crippen LogP contribution in [0, 0.1) is 0 Å². The Bertz CT molecular complexity index is 397. The lowest BCUT2D eigenvalue weighted by atomic mass is 10.2. The van der Waals surface area contributed by atoms with Crippen molar-refractivity contribution in [3.05, 3.63) is 11.6 Å². The Morgan fingerprint density at radius 3 is 2.71 bits per heavy atom. The van der Waals surface area contributed by atoms with E-state index in [1.807, 2.05) is 0 Å². The highest BCUT2D eigenvalue weighted by Crippen LogP contribution is 2.19.